The second-order valence-electron chi connectivity index (χ2n) is 4.19. The summed E-state index contributed by atoms with van der Waals surface area (Å²) in [5.74, 6) is -2.95. The number of hydrogen-bond donors (Lipinski definition) is 0. The van der Waals surface area contributed by atoms with Crippen LogP contribution < -0.4 is 0 Å². The van der Waals surface area contributed by atoms with Gasteiger partial charge in [-0.25, -0.2) is 0 Å². The monoisotopic (exact) mass is 227 g/mol. The van der Waals surface area contributed by atoms with Crippen LogP contribution in [0.2, 0.25) is 0 Å². The Morgan fingerprint density at radius 3 is 2.94 bits per heavy atom. The molecule has 1 aromatic heterocycles. The first-order chi connectivity index (χ1) is 7.64. The molecule has 1 fully saturated rings. The predicted octanol–water partition coefficient (Wildman–Crippen LogP) is 1.82. The van der Waals surface area contributed by atoms with Gasteiger partial charge in [-0.2, -0.15) is 8.78 Å². The van der Waals surface area contributed by atoms with Crippen LogP contribution in [0.4, 0.5) is 8.78 Å². The zero-order chi connectivity index (χ0) is 11.2. The summed E-state index contributed by atoms with van der Waals surface area (Å²) < 4.78 is 37.8. The fourth-order valence-corrected chi connectivity index (χ4v) is 2.29. The van der Waals surface area contributed by atoms with Crippen LogP contribution in [-0.4, -0.2) is 24.8 Å². The van der Waals surface area contributed by atoms with E-state index < -0.39 is 18.1 Å². The summed E-state index contributed by atoms with van der Waals surface area (Å²) in [4.78, 5) is 4.07. The maximum atomic E-state index is 13.6. The molecule has 0 aromatic carbocycles. The van der Waals surface area contributed by atoms with Crippen molar-refractivity contribution in [3.8, 4) is 0 Å². The van der Waals surface area contributed by atoms with Gasteiger partial charge in [-0.15, -0.1) is 0 Å². The van der Waals surface area contributed by atoms with Gasteiger partial charge in [0, 0.05) is 24.8 Å². The first kappa shape index (κ1) is 10.1. The van der Waals surface area contributed by atoms with E-state index in [1.807, 2.05) is 0 Å². The topological polar surface area (TPSA) is 31.4 Å². The van der Waals surface area contributed by atoms with Crippen LogP contribution in [0.25, 0.3) is 0 Å². The van der Waals surface area contributed by atoms with Gasteiger partial charge in [0.15, 0.2) is 0 Å². The molecule has 0 radical (unpaired) electrons. The van der Waals surface area contributed by atoms with E-state index in [-0.39, 0.29) is 5.56 Å². The van der Waals surface area contributed by atoms with Crippen LogP contribution in [0, 0.1) is 0 Å². The van der Waals surface area contributed by atoms with E-state index in [0.717, 1.165) is 0 Å². The van der Waals surface area contributed by atoms with Crippen LogP contribution in [0.3, 0.4) is 0 Å². The minimum atomic E-state index is -2.95. The highest BCUT2D eigenvalue weighted by Crippen LogP contribution is 2.45. The Bertz CT molecular complexity index is 416. The van der Waals surface area contributed by atoms with Crippen molar-refractivity contribution < 1.29 is 18.3 Å². The number of halogens is 2. The molecule has 86 valence electrons. The zero-order valence-corrected chi connectivity index (χ0v) is 8.58. The van der Waals surface area contributed by atoms with E-state index in [9.17, 15) is 8.78 Å². The summed E-state index contributed by atoms with van der Waals surface area (Å²) in [6, 6.07) is 2.95. The van der Waals surface area contributed by atoms with Crippen LogP contribution in [-0.2, 0) is 21.0 Å². The first-order valence-corrected chi connectivity index (χ1v) is 5.20. The van der Waals surface area contributed by atoms with Crippen molar-refractivity contribution in [1.82, 2.24) is 4.98 Å². The van der Waals surface area contributed by atoms with Crippen molar-refractivity contribution in [2.24, 2.45) is 0 Å². The van der Waals surface area contributed by atoms with E-state index in [2.05, 4.69) is 4.98 Å². The molecule has 3 heterocycles. The van der Waals surface area contributed by atoms with E-state index in [4.69, 9.17) is 9.47 Å². The number of aromatic nitrogens is 1. The molecular formula is C11H11F2NO2. The molecule has 5 heteroatoms. The molecule has 0 N–H and O–H groups in total. The molecule has 1 saturated heterocycles. The Labute approximate surface area is 91.4 Å². The van der Waals surface area contributed by atoms with Gasteiger partial charge in [0.05, 0.1) is 12.3 Å². The van der Waals surface area contributed by atoms with Crippen molar-refractivity contribution in [3.63, 3.8) is 0 Å². The quantitative estimate of drug-likeness (QED) is 0.677. The van der Waals surface area contributed by atoms with Gasteiger partial charge in [-0.05, 0) is 12.1 Å². The van der Waals surface area contributed by atoms with Gasteiger partial charge < -0.3 is 9.47 Å². The molecule has 3 rings (SSSR count). The van der Waals surface area contributed by atoms with Gasteiger partial charge in [0.1, 0.15) is 12.2 Å². The molecule has 1 aromatic rings. The van der Waals surface area contributed by atoms with Gasteiger partial charge >= 0.3 is 0 Å². The minimum Gasteiger partial charge on any atom is -0.378 e. The lowest BCUT2D eigenvalue weighted by molar-refractivity contribution is -0.170. The molecule has 1 unspecified atom stereocenters. The highest BCUT2D eigenvalue weighted by molar-refractivity contribution is 5.32. The third kappa shape index (κ3) is 1.28. The maximum Gasteiger partial charge on any atom is 0.297 e. The van der Waals surface area contributed by atoms with Gasteiger partial charge in [-0.3, -0.25) is 4.98 Å². The molecule has 0 amide bonds. The number of rotatable bonds is 0. The van der Waals surface area contributed by atoms with Crippen molar-refractivity contribution in [2.75, 3.05) is 19.8 Å². The van der Waals surface area contributed by atoms with Gasteiger partial charge in [0.2, 0.25) is 0 Å². The van der Waals surface area contributed by atoms with E-state index in [1.165, 1.54) is 18.3 Å². The minimum absolute atomic E-state index is 0.0215. The summed E-state index contributed by atoms with van der Waals surface area (Å²) in [5.41, 5.74) is -0.436. The summed E-state index contributed by atoms with van der Waals surface area (Å²) in [5, 5.41) is 0. The molecule has 2 aliphatic heterocycles. The van der Waals surface area contributed by atoms with Crippen LogP contribution >= 0.6 is 0 Å². The smallest absolute Gasteiger partial charge is 0.297 e. The Hall–Kier alpha value is -1.07. The fourth-order valence-electron chi connectivity index (χ4n) is 2.29. The highest BCUT2D eigenvalue weighted by atomic mass is 19.3. The van der Waals surface area contributed by atoms with Crippen molar-refractivity contribution in [2.45, 2.75) is 17.9 Å². The Morgan fingerprint density at radius 1 is 1.31 bits per heavy atom. The second kappa shape index (κ2) is 3.21. The lowest BCUT2D eigenvalue weighted by atomic mass is 9.89. The molecular weight excluding hydrogens is 216 g/mol. The van der Waals surface area contributed by atoms with Crippen molar-refractivity contribution >= 4 is 0 Å². The molecule has 1 spiro atoms. The van der Waals surface area contributed by atoms with Crippen LogP contribution in [0.15, 0.2) is 18.3 Å². The molecule has 2 aliphatic rings. The van der Waals surface area contributed by atoms with Crippen molar-refractivity contribution in [1.29, 1.82) is 0 Å². The first-order valence-electron chi connectivity index (χ1n) is 5.20. The lowest BCUT2D eigenvalue weighted by Crippen LogP contribution is -2.43. The van der Waals surface area contributed by atoms with Crippen LogP contribution in [0.5, 0.6) is 0 Å². The number of alkyl halides is 2. The Balaban J connectivity index is 2.15. The SMILES string of the molecule is FC1(F)COC2(CCOC2)c2ncccc21. The summed E-state index contributed by atoms with van der Waals surface area (Å²) >= 11 is 0. The third-order valence-corrected chi connectivity index (χ3v) is 3.15. The number of pyridine rings is 1. The van der Waals surface area contributed by atoms with E-state index in [1.54, 1.807) is 0 Å². The number of hydrogen-bond acceptors (Lipinski definition) is 3. The Morgan fingerprint density at radius 2 is 2.19 bits per heavy atom. The molecule has 0 aliphatic carbocycles. The molecule has 0 saturated carbocycles. The van der Waals surface area contributed by atoms with Gasteiger partial charge in [0.25, 0.3) is 5.92 Å². The Kier molecular flexibility index (Phi) is 2.03. The average Bonchev–Trinajstić information content (AvgIpc) is 2.75. The normalized spacial score (nSPS) is 31.6. The standard InChI is InChI=1S/C11H11F2NO2/c12-11(13)7-16-10(3-5-15-6-10)9-8(11)2-1-4-14-9/h1-2,4H,3,5-7H2. The van der Waals surface area contributed by atoms with E-state index >= 15 is 0 Å². The second-order valence-corrected chi connectivity index (χ2v) is 4.19. The van der Waals surface area contributed by atoms with E-state index in [0.29, 0.717) is 25.3 Å². The largest absolute Gasteiger partial charge is 0.378 e. The number of fused-ring (bicyclic) bond motifs is 2. The molecule has 3 nitrogen and oxygen atoms in total. The predicted molar refractivity (Wildman–Crippen MR) is 51.2 cm³/mol. The fraction of sp³-hybridized carbons (Fsp3) is 0.545. The third-order valence-electron chi connectivity index (χ3n) is 3.15. The zero-order valence-electron chi connectivity index (χ0n) is 8.58. The number of nitrogens with zero attached hydrogens (tertiary/aromatic N) is 1. The summed E-state index contributed by atoms with van der Waals surface area (Å²) in [6.07, 6.45) is 2.11. The maximum absolute atomic E-state index is 13.6. The summed E-state index contributed by atoms with van der Waals surface area (Å²) in [7, 11) is 0. The van der Waals surface area contributed by atoms with Gasteiger partial charge in [-0.1, -0.05) is 0 Å². The average molecular weight is 227 g/mol. The summed E-state index contributed by atoms with van der Waals surface area (Å²) in [6.45, 7) is 0.254. The van der Waals surface area contributed by atoms with Crippen LogP contribution in [0.1, 0.15) is 17.7 Å². The highest BCUT2D eigenvalue weighted by Gasteiger charge is 2.51. The lowest BCUT2D eigenvalue weighted by Gasteiger charge is -2.37. The number of ether oxygens (including phenoxy) is 2. The van der Waals surface area contributed by atoms with Crippen molar-refractivity contribution in [3.05, 3.63) is 29.6 Å². The molecule has 16 heavy (non-hydrogen) atoms. The molecule has 1 atom stereocenters. The molecule has 0 bridgehead atoms.